The third kappa shape index (κ3) is 3.23. The van der Waals surface area contributed by atoms with Gasteiger partial charge in [-0.25, -0.2) is 9.18 Å². The van der Waals surface area contributed by atoms with Crippen LogP contribution in [0.2, 0.25) is 0 Å². The molecule has 0 fully saturated rings. The zero-order chi connectivity index (χ0) is 16.5. The minimum Gasteiger partial charge on any atom is -0.453 e. The molecular weight excluding hydrogens is 289 g/mol. The van der Waals surface area contributed by atoms with Crippen molar-refractivity contribution in [3.63, 3.8) is 0 Å². The molecule has 0 spiro atoms. The molecular formula is C16H22FNO4. The number of halogens is 1. The van der Waals surface area contributed by atoms with Crippen LogP contribution in [-0.2, 0) is 9.47 Å². The summed E-state index contributed by atoms with van der Waals surface area (Å²) < 4.78 is 24.6. The van der Waals surface area contributed by atoms with Crippen molar-refractivity contribution in [3.05, 3.63) is 35.1 Å². The van der Waals surface area contributed by atoms with Gasteiger partial charge >= 0.3 is 6.09 Å². The van der Waals surface area contributed by atoms with Gasteiger partial charge in [-0.2, -0.15) is 0 Å². The van der Waals surface area contributed by atoms with Gasteiger partial charge < -0.3 is 19.5 Å². The lowest BCUT2D eigenvalue weighted by molar-refractivity contribution is -0.0521. The lowest BCUT2D eigenvalue weighted by Gasteiger charge is -2.39. The van der Waals surface area contributed by atoms with Gasteiger partial charge in [-0.1, -0.05) is 12.1 Å². The summed E-state index contributed by atoms with van der Waals surface area (Å²) in [6, 6.07) is 4.56. The predicted molar refractivity (Wildman–Crippen MR) is 78.9 cm³/mol. The second-order valence-corrected chi connectivity index (χ2v) is 6.33. The summed E-state index contributed by atoms with van der Waals surface area (Å²) in [7, 11) is 1.31. The summed E-state index contributed by atoms with van der Waals surface area (Å²) in [5.74, 6) is -0.444. The number of hydrogen-bond donors (Lipinski definition) is 1. The van der Waals surface area contributed by atoms with Crippen molar-refractivity contribution in [2.45, 2.75) is 38.5 Å². The van der Waals surface area contributed by atoms with Crippen molar-refractivity contribution in [3.8, 4) is 0 Å². The Morgan fingerprint density at radius 1 is 1.50 bits per heavy atom. The van der Waals surface area contributed by atoms with Gasteiger partial charge in [0, 0.05) is 11.1 Å². The molecule has 122 valence electrons. The first kappa shape index (κ1) is 16.7. The molecule has 2 atom stereocenters. The fourth-order valence-corrected chi connectivity index (χ4v) is 2.61. The number of aliphatic hydroxyl groups is 1. The van der Waals surface area contributed by atoms with E-state index in [1.165, 1.54) is 18.1 Å². The Balaban J connectivity index is 2.34. The first-order valence-corrected chi connectivity index (χ1v) is 7.19. The molecule has 2 rings (SSSR count). The average molecular weight is 311 g/mol. The van der Waals surface area contributed by atoms with Crippen molar-refractivity contribution in [2.75, 3.05) is 20.3 Å². The maximum atomic E-state index is 14.2. The highest BCUT2D eigenvalue weighted by Gasteiger charge is 2.35. The van der Waals surface area contributed by atoms with Gasteiger partial charge in [0.1, 0.15) is 18.0 Å². The second-order valence-electron chi connectivity index (χ2n) is 6.33. The van der Waals surface area contributed by atoms with Crippen LogP contribution in [0.1, 0.15) is 44.1 Å². The molecule has 1 amide bonds. The predicted octanol–water partition coefficient (Wildman–Crippen LogP) is 2.80. The van der Waals surface area contributed by atoms with Crippen LogP contribution in [0.15, 0.2) is 18.2 Å². The Hall–Kier alpha value is -1.66. The minimum absolute atomic E-state index is 0.0697. The van der Waals surface area contributed by atoms with Gasteiger partial charge in [-0.05, 0) is 32.4 Å². The van der Waals surface area contributed by atoms with E-state index in [2.05, 4.69) is 0 Å². The summed E-state index contributed by atoms with van der Waals surface area (Å²) >= 11 is 0. The molecule has 0 aromatic heterocycles. The smallest absolute Gasteiger partial charge is 0.410 e. The molecule has 1 aliphatic heterocycles. The number of ether oxygens (including phenoxy) is 2. The molecule has 1 aromatic carbocycles. The van der Waals surface area contributed by atoms with E-state index in [0.29, 0.717) is 11.1 Å². The van der Waals surface area contributed by atoms with Crippen molar-refractivity contribution < 1.29 is 23.8 Å². The summed E-state index contributed by atoms with van der Waals surface area (Å²) in [5, 5.41) is 9.96. The van der Waals surface area contributed by atoms with Gasteiger partial charge in [0.25, 0.3) is 0 Å². The molecule has 1 aromatic rings. The normalized spacial score (nSPS) is 21.2. The van der Waals surface area contributed by atoms with Gasteiger partial charge in [-0.15, -0.1) is 0 Å². The van der Waals surface area contributed by atoms with Gasteiger partial charge in [-0.3, -0.25) is 0 Å². The molecule has 22 heavy (non-hydrogen) atoms. The Bertz CT molecular complexity index is 556. The van der Waals surface area contributed by atoms with E-state index in [-0.39, 0.29) is 13.2 Å². The van der Waals surface area contributed by atoms with Crippen LogP contribution in [0.5, 0.6) is 0 Å². The zero-order valence-corrected chi connectivity index (χ0v) is 13.3. The van der Waals surface area contributed by atoms with Crippen LogP contribution < -0.4 is 0 Å². The number of carbonyl (C=O) groups is 1. The molecule has 0 saturated heterocycles. The van der Waals surface area contributed by atoms with E-state index < -0.39 is 29.7 Å². The van der Waals surface area contributed by atoms with Crippen LogP contribution in [-0.4, -0.2) is 41.9 Å². The molecule has 0 bridgehead atoms. The summed E-state index contributed by atoms with van der Waals surface area (Å²) in [6.07, 6.45) is -2.00. The standard InChI is InChI=1S/C16H22FNO4/c1-16(2,3)18(15(20)21-4)8-13-14-10(12(19)9-22-13)6-5-7-11(14)17/h5-7,12-13,19H,8-9H2,1-4H3. The van der Waals surface area contributed by atoms with Crippen molar-refractivity contribution >= 4 is 6.09 Å². The number of nitrogens with zero attached hydrogens (tertiary/aromatic N) is 1. The second kappa shape index (κ2) is 6.22. The molecule has 0 aliphatic carbocycles. The van der Waals surface area contributed by atoms with E-state index in [1.807, 2.05) is 20.8 Å². The Kier molecular flexibility index (Phi) is 4.72. The van der Waals surface area contributed by atoms with E-state index in [9.17, 15) is 14.3 Å². The molecule has 0 radical (unpaired) electrons. The minimum atomic E-state index is -0.858. The molecule has 0 saturated carbocycles. The number of methoxy groups -OCH3 is 1. The van der Waals surface area contributed by atoms with Crippen LogP contribution in [0.4, 0.5) is 9.18 Å². The van der Waals surface area contributed by atoms with Crippen molar-refractivity contribution in [1.29, 1.82) is 0 Å². The number of benzene rings is 1. The molecule has 1 N–H and O–H groups in total. The van der Waals surface area contributed by atoms with Gasteiger partial charge in [0.15, 0.2) is 0 Å². The number of aliphatic hydroxyl groups excluding tert-OH is 1. The number of hydrogen-bond acceptors (Lipinski definition) is 4. The molecule has 5 nitrogen and oxygen atoms in total. The topological polar surface area (TPSA) is 59.0 Å². The summed E-state index contributed by atoms with van der Waals surface area (Å²) in [6.45, 7) is 5.81. The van der Waals surface area contributed by atoms with E-state index in [0.717, 1.165) is 0 Å². The number of carbonyl (C=O) groups excluding carboxylic acids is 1. The Labute approximate surface area is 129 Å². The fraction of sp³-hybridized carbons (Fsp3) is 0.562. The van der Waals surface area contributed by atoms with Gasteiger partial charge in [0.2, 0.25) is 0 Å². The SMILES string of the molecule is COC(=O)N(CC1OCC(O)c2cccc(F)c21)C(C)(C)C. The van der Waals surface area contributed by atoms with Crippen LogP contribution in [0.25, 0.3) is 0 Å². The highest BCUT2D eigenvalue weighted by atomic mass is 19.1. The van der Waals surface area contributed by atoms with Crippen molar-refractivity contribution in [2.24, 2.45) is 0 Å². The lowest BCUT2D eigenvalue weighted by Crippen LogP contribution is -2.48. The first-order valence-electron chi connectivity index (χ1n) is 7.19. The van der Waals surface area contributed by atoms with Crippen LogP contribution >= 0.6 is 0 Å². The summed E-state index contributed by atoms with van der Waals surface area (Å²) in [4.78, 5) is 13.5. The molecule has 1 aliphatic rings. The monoisotopic (exact) mass is 311 g/mol. The van der Waals surface area contributed by atoms with Crippen LogP contribution in [0, 0.1) is 5.82 Å². The quantitative estimate of drug-likeness (QED) is 0.912. The highest BCUT2D eigenvalue weighted by molar-refractivity contribution is 5.68. The highest BCUT2D eigenvalue weighted by Crippen LogP contribution is 2.35. The van der Waals surface area contributed by atoms with E-state index in [1.54, 1.807) is 12.1 Å². The zero-order valence-electron chi connectivity index (χ0n) is 13.3. The number of amides is 1. The number of fused-ring (bicyclic) bond motifs is 1. The maximum absolute atomic E-state index is 14.2. The van der Waals surface area contributed by atoms with Crippen molar-refractivity contribution in [1.82, 2.24) is 4.90 Å². The Morgan fingerprint density at radius 3 is 2.77 bits per heavy atom. The van der Waals surface area contributed by atoms with Crippen LogP contribution in [0.3, 0.4) is 0 Å². The first-order chi connectivity index (χ1) is 10.3. The third-order valence-electron chi connectivity index (χ3n) is 3.78. The molecule has 2 unspecified atom stereocenters. The van der Waals surface area contributed by atoms with E-state index in [4.69, 9.17) is 9.47 Å². The summed E-state index contributed by atoms with van der Waals surface area (Å²) in [5.41, 5.74) is 0.312. The van der Waals surface area contributed by atoms with Gasteiger partial charge in [0.05, 0.1) is 20.3 Å². The number of rotatable bonds is 2. The molecule has 1 heterocycles. The van der Waals surface area contributed by atoms with E-state index >= 15 is 0 Å². The third-order valence-corrected chi connectivity index (χ3v) is 3.78. The lowest BCUT2D eigenvalue weighted by atomic mass is 9.94. The molecule has 6 heteroatoms. The Morgan fingerprint density at radius 2 is 2.18 bits per heavy atom. The maximum Gasteiger partial charge on any atom is 0.410 e. The fourth-order valence-electron chi connectivity index (χ4n) is 2.61. The average Bonchev–Trinajstić information content (AvgIpc) is 2.45. The largest absolute Gasteiger partial charge is 0.453 e.